The van der Waals surface area contributed by atoms with Crippen LogP contribution in [0.15, 0.2) is 18.2 Å². The zero-order valence-corrected chi connectivity index (χ0v) is 7.44. The number of phenolic OH excluding ortho intramolecular Hbond substituents is 1. The lowest BCUT2D eigenvalue weighted by Gasteiger charge is -2.05. The maximum absolute atomic E-state index is 11.0. The molecule has 0 bridgehead atoms. The van der Waals surface area contributed by atoms with Crippen molar-refractivity contribution in [2.45, 2.75) is 6.92 Å². The first-order valence-electron chi connectivity index (χ1n) is 3.85. The predicted octanol–water partition coefficient (Wildman–Crippen LogP) is 0.714. The van der Waals surface area contributed by atoms with E-state index >= 15 is 0 Å². The Hall–Kier alpha value is -1.88. The van der Waals surface area contributed by atoms with Gasteiger partial charge >= 0.3 is 0 Å². The number of benzene rings is 1. The maximum Gasteiger partial charge on any atom is 0.278 e. The highest BCUT2D eigenvalue weighted by molar-refractivity contribution is 6.03. The van der Waals surface area contributed by atoms with Gasteiger partial charge in [-0.15, -0.1) is 0 Å². The standard InChI is InChI=1S/C9H9NO4/c1-5(11)6-3-2-4-7(8(6)12)9(13)10-14/h2-4,12,14H,1H3,(H,10,13). The number of carbonyl (C=O) groups is 2. The summed E-state index contributed by atoms with van der Waals surface area (Å²) in [6.45, 7) is 1.27. The topological polar surface area (TPSA) is 86.6 Å². The molecule has 1 aromatic rings. The summed E-state index contributed by atoms with van der Waals surface area (Å²) in [5.74, 6) is -1.63. The summed E-state index contributed by atoms with van der Waals surface area (Å²) in [7, 11) is 0. The maximum atomic E-state index is 11.0. The minimum absolute atomic E-state index is 0.0473. The van der Waals surface area contributed by atoms with E-state index in [9.17, 15) is 14.7 Å². The van der Waals surface area contributed by atoms with Gasteiger partial charge in [0.25, 0.3) is 5.91 Å². The number of phenols is 1. The van der Waals surface area contributed by atoms with Crippen LogP contribution in [0.2, 0.25) is 0 Å². The van der Waals surface area contributed by atoms with Crippen molar-refractivity contribution in [2.24, 2.45) is 0 Å². The molecule has 1 aromatic carbocycles. The van der Waals surface area contributed by atoms with Gasteiger partial charge in [0.05, 0.1) is 11.1 Å². The molecule has 1 amide bonds. The van der Waals surface area contributed by atoms with E-state index in [-0.39, 0.29) is 16.9 Å². The van der Waals surface area contributed by atoms with E-state index in [1.165, 1.54) is 30.6 Å². The second-order valence-electron chi connectivity index (χ2n) is 2.70. The average Bonchev–Trinajstić information content (AvgIpc) is 2.16. The molecule has 3 N–H and O–H groups in total. The molecular weight excluding hydrogens is 186 g/mol. The van der Waals surface area contributed by atoms with Crippen LogP contribution in [-0.2, 0) is 0 Å². The van der Waals surface area contributed by atoms with E-state index in [0.29, 0.717) is 0 Å². The summed E-state index contributed by atoms with van der Waals surface area (Å²) < 4.78 is 0. The molecule has 1 rings (SSSR count). The number of carbonyl (C=O) groups excluding carboxylic acids is 2. The summed E-state index contributed by atoms with van der Waals surface area (Å²) in [6.07, 6.45) is 0. The fourth-order valence-electron chi connectivity index (χ4n) is 1.07. The summed E-state index contributed by atoms with van der Waals surface area (Å²) >= 11 is 0. The third kappa shape index (κ3) is 1.72. The first-order valence-corrected chi connectivity index (χ1v) is 3.85. The van der Waals surface area contributed by atoms with Crippen LogP contribution in [0.3, 0.4) is 0 Å². The number of aromatic hydroxyl groups is 1. The van der Waals surface area contributed by atoms with E-state index in [1.54, 1.807) is 0 Å². The Bertz CT molecular complexity index is 386. The van der Waals surface area contributed by atoms with Crippen LogP contribution in [0.1, 0.15) is 27.6 Å². The van der Waals surface area contributed by atoms with Gasteiger partial charge in [0.15, 0.2) is 5.78 Å². The fourth-order valence-corrected chi connectivity index (χ4v) is 1.07. The monoisotopic (exact) mass is 195 g/mol. The van der Waals surface area contributed by atoms with Gasteiger partial charge in [-0.2, -0.15) is 0 Å². The van der Waals surface area contributed by atoms with E-state index in [4.69, 9.17) is 5.21 Å². The van der Waals surface area contributed by atoms with Gasteiger partial charge < -0.3 is 5.11 Å². The minimum Gasteiger partial charge on any atom is -0.506 e. The highest BCUT2D eigenvalue weighted by atomic mass is 16.5. The van der Waals surface area contributed by atoms with Gasteiger partial charge in [0.2, 0.25) is 0 Å². The second kappa shape index (κ2) is 3.89. The Morgan fingerprint density at radius 2 is 1.86 bits per heavy atom. The van der Waals surface area contributed by atoms with Gasteiger partial charge in [0.1, 0.15) is 5.75 Å². The van der Waals surface area contributed by atoms with Crippen LogP contribution in [-0.4, -0.2) is 22.0 Å². The van der Waals surface area contributed by atoms with Gasteiger partial charge in [-0.25, -0.2) is 5.48 Å². The van der Waals surface area contributed by atoms with Gasteiger partial charge in [-0.05, 0) is 19.1 Å². The van der Waals surface area contributed by atoms with E-state index < -0.39 is 11.7 Å². The summed E-state index contributed by atoms with van der Waals surface area (Å²) in [5, 5.41) is 17.8. The quantitative estimate of drug-likeness (QED) is 0.368. The van der Waals surface area contributed by atoms with Gasteiger partial charge in [-0.1, -0.05) is 6.07 Å². The molecule has 5 nitrogen and oxygen atoms in total. The van der Waals surface area contributed by atoms with E-state index in [2.05, 4.69) is 0 Å². The lowest BCUT2D eigenvalue weighted by Crippen LogP contribution is -2.19. The van der Waals surface area contributed by atoms with Crippen LogP contribution in [0.5, 0.6) is 5.75 Å². The number of ketones is 1. The molecule has 0 spiro atoms. The number of amides is 1. The van der Waals surface area contributed by atoms with Gasteiger partial charge in [-0.3, -0.25) is 14.8 Å². The number of para-hydroxylation sites is 1. The predicted molar refractivity (Wildman–Crippen MR) is 47.4 cm³/mol. The third-order valence-corrected chi connectivity index (χ3v) is 1.76. The first-order chi connectivity index (χ1) is 6.57. The van der Waals surface area contributed by atoms with Gasteiger partial charge in [0, 0.05) is 0 Å². The normalized spacial score (nSPS) is 9.57. The van der Waals surface area contributed by atoms with Crippen LogP contribution in [0.4, 0.5) is 0 Å². The average molecular weight is 195 g/mol. The molecule has 0 unspecified atom stereocenters. The van der Waals surface area contributed by atoms with E-state index in [0.717, 1.165) is 0 Å². The molecule has 0 aliphatic carbocycles. The Labute approximate surface area is 79.9 Å². The van der Waals surface area contributed by atoms with Crippen molar-refractivity contribution in [2.75, 3.05) is 0 Å². The molecule has 0 radical (unpaired) electrons. The zero-order chi connectivity index (χ0) is 10.7. The first kappa shape index (κ1) is 10.2. The van der Waals surface area contributed by atoms with Crippen LogP contribution >= 0.6 is 0 Å². The number of hydroxylamine groups is 1. The smallest absolute Gasteiger partial charge is 0.278 e. The molecule has 0 atom stereocenters. The van der Waals surface area contributed by atoms with Crippen molar-refractivity contribution in [1.82, 2.24) is 5.48 Å². The molecule has 0 saturated heterocycles. The number of hydrogen-bond donors (Lipinski definition) is 3. The summed E-state index contributed by atoms with van der Waals surface area (Å²) in [6, 6.07) is 4.14. The largest absolute Gasteiger partial charge is 0.506 e. The fraction of sp³-hybridized carbons (Fsp3) is 0.111. The van der Waals surface area contributed by atoms with Crippen molar-refractivity contribution in [3.63, 3.8) is 0 Å². The highest BCUT2D eigenvalue weighted by Crippen LogP contribution is 2.22. The number of Topliss-reactive ketones (excluding diaryl/α,β-unsaturated/α-hetero) is 1. The van der Waals surface area contributed by atoms with Crippen molar-refractivity contribution < 1.29 is 19.9 Å². The summed E-state index contributed by atoms with van der Waals surface area (Å²) in [5.41, 5.74) is 1.29. The van der Waals surface area contributed by atoms with Crippen LogP contribution in [0, 0.1) is 0 Å². The van der Waals surface area contributed by atoms with E-state index in [1.807, 2.05) is 0 Å². The molecular formula is C9H9NO4. The number of hydrogen-bond acceptors (Lipinski definition) is 4. The Morgan fingerprint density at radius 3 is 2.36 bits per heavy atom. The highest BCUT2D eigenvalue weighted by Gasteiger charge is 2.15. The van der Waals surface area contributed by atoms with Crippen molar-refractivity contribution in [3.05, 3.63) is 29.3 Å². The lowest BCUT2D eigenvalue weighted by molar-refractivity contribution is 0.0703. The SMILES string of the molecule is CC(=O)c1cccc(C(=O)NO)c1O. The molecule has 0 aromatic heterocycles. The molecule has 0 aliphatic heterocycles. The molecule has 5 heteroatoms. The number of nitrogens with one attached hydrogen (secondary N) is 1. The number of rotatable bonds is 2. The molecule has 0 aliphatic rings. The summed E-state index contributed by atoms with van der Waals surface area (Å²) in [4.78, 5) is 22.0. The molecule has 74 valence electrons. The Balaban J connectivity index is 3.27. The molecule has 14 heavy (non-hydrogen) atoms. The van der Waals surface area contributed by atoms with Crippen molar-refractivity contribution >= 4 is 11.7 Å². The second-order valence-corrected chi connectivity index (χ2v) is 2.70. The van der Waals surface area contributed by atoms with Crippen molar-refractivity contribution in [3.8, 4) is 5.75 Å². The van der Waals surface area contributed by atoms with Crippen molar-refractivity contribution in [1.29, 1.82) is 0 Å². The molecule has 0 heterocycles. The molecule has 0 fully saturated rings. The zero-order valence-electron chi connectivity index (χ0n) is 7.44. The molecule has 0 saturated carbocycles. The Kier molecular flexibility index (Phi) is 2.83. The third-order valence-electron chi connectivity index (χ3n) is 1.76. The minimum atomic E-state index is -0.856. The van der Waals surface area contributed by atoms with Crippen LogP contribution in [0.25, 0.3) is 0 Å². The lowest BCUT2D eigenvalue weighted by atomic mass is 10.1. The Morgan fingerprint density at radius 1 is 1.29 bits per heavy atom. The van der Waals surface area contributed by atoms with Crippen LogP contribution < -0.4 is 5.48 Å².